The van der Waals surface area contributed by atoms with Crippen molar-refractivity contribution in [1.82, 2.24) is 5.32 Å². The lowest BCUT2D eigenvalue weighted by Gasteiger charge is -2.10. The molecule has 0 aromatic heterocycles. The maximum Gasteiger partial charge on any atom is 0.336 e. The summed E-state index contributed by atoms with van der Waals surface area (Å²) in [6.45, 7) is 0. The standard InChI is InChI=1S/C27H23NO7S/c1-33-21-11-17(12-22(15-21)34-2)13-23(26(30)31)18-5-9-20(10-6-18)35-19-7-3-16(4-8-19)14-24-25(29)28-27(32)36-24/h3-13,15,24H,14H2,1-2H3,(H,30,31)(H,28,29,32)/b23-13-. The number of amides is 2. The third-order valence-electron chi connectivity index (χ3n) is 5.43. The van der Waals surface area contributed by atoms with Gasteiger partial charge in [0.05, 0.1) is 25.0 Å². The van der Waals surface area contributed by atoms with E-state index in [0.29, 0.717) is 40.5 Å². The Morgan fingerprint density at radius 2 is 1.50 bits per heavy atom. The molecule has 1 saturated heterocycles. The summed E-state index contributed by atoms with van der Waals surface area (Å²) in [5.41, 5.74) is 2.15. The Labute approximate surface area is 211 Å². The van der Waals surface area contributed by atoms with E-state index in [2.05, 4.69) is 5.32 Å². The van der Waals surface area contributed by atoms with Gasteiger partial charge >= 0.3 is 5.97 Å². The largest absolute Gasteiger partial charge is 0.497 e. The number of hydrogen-bond acceptors (Lipinski definition) is 7. The molecule has 0 spiro atoms. The van der Waals surface area contributed by atoms with Gasteiger partial charge in [-0.3, -0.25) is 14.9 Å². The molecule has 0 aliphatic carbocycles. The molecule has 2 N–H and O–H groups in total. The first kappa shape index (κ1) is 24.9. The van der Waals surface area contributed by atoms with Crippen LogP contribution in [0.25, 0.3) is 11.6 Å². The summed E-state index contributed by atoms with van der Waals surface area (Å²) < 4.78 is 16.4. The smallest absolute Gasteiger partial charge is 0.336 e. The highest BCUT2D eigenvalue weighted by molar-refractivity contribution is 8.15. The van der Waals surface area contributed by atoms with Gasteiger partial charge < -0.3 is 19.3 Å². The highest BCUT2D eigenvalue weighted by Crippen LogP contribution is 2.29. The van der Waals surface area contributed by atoms with E-state index in [4.69, 9.17) is 14.2 Å². The van der Waals surface area contributed by atoms with Crippen molar-refractivity contribution in [2.24, 2.45) is 0 Å². The first-order chi connectivity index (χ1) is 17.3. The van der Waals surface area contributed by atoms with Crippen LogP contribution in [-0.4, -0.2) is 41.7 Å². The van der Waals surface area contributed by atoms with Gasteiger partial charge in [-0.25, -0.2) is 4.79 Å². The lowest BCUT2D eigenvalue weighted by molar-refractivity contribution is -0.130. The van der Waals surface area contributed by atoms with Gasteiger partial charge in [0, 0.05) is 6.07 Å². The van der Waals surface area contributed by atoms with Crippen LogP contribution in [-0.2, 0) is 16.0 Å². The predicted octanol–water partition coefficient (Wildman–Crippen LogP) is 5.02. The molecule has 4 rings (SSSR count). The fraction of sp³-hybridized carbons (Fsp3) is 0.148. The Morgan fingerprint density at radius 3 is 2.00 bits per heavy atom. The quantitative estimate of drug-likeness (QED) is 0.308. The molecule has 3 aromatic carbocycles. The minimum Gasteiger partial charge on any atom is -0.497 e. The maximum absolute atomic E-state index is 12.0. The summed E-state index contributed by atoms with van der Waals surface area (Å²) in [6.07, 6.45) is 2.00. The number of methoxy groups -OCH3 is 2. The van der Waals surface area contributed by atoms with Crippen LogP contribution in [0, 0.1) is 0 Å². The molecule has 1 unspecified atom stereocenters. The van der Waals surface area contributed by atoms with Crippen LogP contribution in [0.15, 0.2) is 66.7 Å². The first-order valence-electron chi connectivity index (χ1n) is 10.9. The minimum absolute atomic E-state index is 0.105. The lowest BCUT2D eigenvalue weighted by Crippen LogP contribution is -2.25. The molecular formula is C27H23NO7S. The van der Waals surface area contributed by atoms with E-state index in [1.807, 2.05) is 12.1 Å². The van der Waals surface area contributed by atoms with E-state index >= 15 is 0 Å². The van der Waals surface area contributed by atoms with Crippen LogP contribution in [0.4, 0.5) is 4.79 Å². The van der Waals surface area contributed by atoms with E-state index in [-0.39, 0.29) is 16.7 Å². The van der Waals surface area contributed by atoms with Crippen molar-refractivity contribution in [2.45, 2.75) is 11.7 Å². The topological polar surface area (TPSA) is 111 Å². The van der Waals surface area contributed by atoms with Gasteiger partial charge in [-0.05, 0) is 65.6 Å². The lowest BCUT2D eigenvalue weighted by atomic mass is 10.0. The third-order valence-corrected chi connectivity index (χ3v) is 6.41. The maximum atomic E-state index is 12.0. The number of imide groups is 1. The molecule has 1 heterocycles. The van der Waals surface area contributed by atoms with Crippen LogP contribution in [0.1, 0.15) is 16.7 Å². The molecule has 8 nitrogen and oxygen atoms in total. The number of aliphatic carboxylic acids is 1. The number of carboxylic acid groups (broad SMARTS) is 1. The fourth-order valence-corrected chi connectivity index (χ4v) is 4.48. The molecular weight excluding hydrogens is 482 g/mol. The third kappa shape index (κ3) is 6.05. The zero-order chi connectivity index (χ0) is 25.7. The van der Waals surface area contributed by atoms with E-state index in [1.165, 1.54) is 14.2 Å². The molecule has 1 fully saturated rings. The number of carboxylic acids is 1. The minimum atomic E-state index is -1.07. The number of benzene rings is 3. The molecule has 1 aliphatic heterocycles. The van der Waals surface area contributed by atoms with E-state index in [1.54, 1.807) is 60.7 Å². The van der Waals surface area contributed by atoms with Gasteiger partial charge in [-0.15, -0.1) is 0 Å². The second kappa shape index (κ2) is 11.0. The molecule has 3 aromatic rings. The summed E-state index contributed by atoms with van der Waals surface area (Å²) in [7, 11) is 3.06. The van der Waals surface area contributed by atoms with Crippen molar-refractivity contribution >= 4 is 40.5 Å². The molecule has 9 heteroatoms. The number of thioether (sulfide) groups is 1. The SMILES string of the molecule is COc1cc(/C=C(\C(=O)O)c2ccc(Oc3ccc(CC4SC(=O)NC4=O)cc3)cc2)cc(OC)c1. The molecule has 36 heavy (non-hydrogen) atoms. The molecule has 1 atom stereocenters. The highest BCUT2D eigenvalue weighted by Gasteiger charge is 2.31. The van der Waals surface area contributed by atoms with Crippen molar-refractivity contribution in [1.29, 1.82) is 0 Å². The van der Waals surface area contributed by atoms with E-state index in [9.17, 15) is 19.5 Å². The van der Waals surface area contributed by atoms with Gasteiger partial charge in [0.15, 0.2) is 0 Å². The van der Waals surface area contributed by atoms with Crippen LogP contribution in [0.3, 0.4) is 0 Å². The summed E-state index contributed by atoms with van der Waals surface area (Å²) in [5, 5.41) is 11.3. The Hall–Kier alpha value is -4.24. The summed E-state index contributed by atoms with van der Waals surface area (Å²) in [5.74, 6) is 0.888. The van der Waals surface area contributed by atoms with Crippen LogP contribution >= 0.6 is 11.8 Å². The predicted molar refractivity (Wildman–Crippen MR) is 137 cm³/mol. The second-order valence-electron chi connectivity index (χ2n) is 7.87. The molecule has 0 radical (unpaired) electrons. The molecule has 2 amide bonds. The van der Waals surface area contributed by atoms with Crippen molar-refractivity contribution in [3.63, 3.8) is 0 Å². The van der Waals surface area contributed by atoms with Gasteiger partial charge in [0.25, 0.3) is 5.24 Å². The number of ether oxygens (including phenoxy) is 3. The van der Waals surface area contributed by atoms with Gasteiger partial charge in [-0.2, -0.15) is 0 Å². The number of nitrogens with one attached hydrogen (secondary N) is 1. The Bertz CT molecular complexity index is 1290. The van der Waals surface area contributed by atoms with Crippen molar-refractivity contribution in [3.8, 4) is 23.0 Å². The number of hydrogen-bond donors (Lipinski definition) is 2. The summed E-state index contributed by atoms with van der Waals surface area (Å²) >= 11 is 0.995. The number of carbonyl (C=O) groups is 3. The monoisotopic (exact) mass is 505 g/mol. The zero-order valence-corrected chi connectivity index (χ0v) is 20.3. The number of carbonyl (C=O) groups excluding carboxylic acids is 2. The zero-order valence-electron chi connectivity index (χ0n) is 19.5. The molecule has 184 valence electrons. The average Bonchev–Trinajstić information content (AvgIpc) is 3.20. The average molecular weight is 506 g/mol. The summed E-state index contributed by atoms with van der Waals surface area (Å²) in [6, 6.07) is 19.1. The van der Waals surface area contributed by atoms with Crippen molar-refractivity contribution in [2.75, 3.05) is 14.2 Å². The van der Waals surface area contributed by atoms with Gasteiger partial charge in [0.2, 0.25) is 5.91 Å². The van der Waals surface area contributed by atoms with E-state index < -0.39 is 11.2 Å². The molecule has 0 bridgehead atoms. The fourth-order valence-electron chi connectivity index (χ4n) is 3.62. The van der Waals surface area contributed by atoms with E-state index in [0.717, 1.165) is 17.3 Å². The highest BCUT2D eigenvalue weighted by atomic mass is 32.2. The van der Waals surface area contributed by atoms with Crippen LogP contribution in [0.2, 0.25) is 0 Å². The van der Waals surface area contributed by atoms with Gasteiger partial charge in [-0.1, -0.05) is 36.0 Å². The second-order valence-corrected chi connectivity index (χ2v) is 9.04. The number of rotatable bonds is 9. The first-order valence-corrected chi connectivity index (χ1v) is 11.8. The Kier molecular flexibility index (Phi) is 7.60. The normalized spacial score (nSPS) is 15.4. The van der Waals surface area contributed by atoms with Crippen molar-refractivity contribution in [3.05, 3.63) is 83.4 Å². The molecule has 0 saturated carbocycles. The van der Waals surface area contributed by atoms with Gasteiger partial charge in [0.1, 0.15) is 23.0 Å². The van der Waals surface area contributed by atoms with Crippen LogP contribution in [0.5, 0.6) is 23.0 Å². The Balaban J connectivity index is 1.47. The Morgan fingerprint density at radius 1 is 0.917 bits per heavy atom. The molecule has 1 aliphatic rings. The van der Waals surface area contributed by atoms with Crippen LogP contribution < -0.4 is 19.5 Å². The summed E-state index contributed by atoms with van der Waals surface area (Å²) in [4.78, 5) is 35.0. The van der Waals surface area contributed by atoms with Crippen molar-refractivity contribution < 1.29 is 33.7 Å².